The second-order valence-electron chi connectivity index (χ2n) is 3.07. The fraction of sp³-hybridized carbons (Fsp3) is 1.00. The van der Waals surface area contributed by atoms with E-state index in [1.165, 1.54) is 7.11 Å². The normalized spacial score (nSPS) is 46.4. The van der Waals surface area contributed by atoms with Crippen molar-refractivity contribution in [1.29, 1.82) is 0 Å². The molecule has 0 saturated carbocycles. The fourth-order valence-electron chi connectivity index (χ4n) is 1.36. The molecule has 6 N–H and O–H groups in total. The summed E-state index contributed by atoms with van der Waals surface area (Å²) in [6, 6.07) is -0.747. The maximum absolute atomic E-state index is 9.46. The molecule has 0 aliphatic carbocycles. The van der Waals surface area contributed by atoms with Crippen LogP contribution >= 0.6 is 0 Å². The predicted molar refractivity (Wildman–Crippen MR) is 44.7 cm³/mol. The van der Waals surface area contributed by atoms with Crippen LogP contribution in [0.4, 0.5) is 0 Å². The van der Waals surface area contributed by atoms with Gasteiger partial charge in [0.05, 0.1) is 6.04 Å². The van der Waals surface area contributed by atoms with Crippen LogP contribution in [0.2, 0.25) is 0 Å². The average molecular weight is 192 g/mol. The number of hydrogen-bond acceptors (Lipinski definition) is 6. The molecule has 0 aromatic rings. The summed E-state index contributed by atoms with van der Waals surface area (Å²) in [4.78, 5) is 0. The highest BCUT2D eigenvalue weighted by Crippen LogP contribution is 2.19. The third kappa shape index (κ3) is 1.98. The minimum absolute atomic E-state index is 0.116. The SMILES string of the molecule is CO[C@H]1OC(CN)[C@@H](O)C(O)[C@@H]1N. The van der Waals surface area contributed by atoms with Gasteiger partial charge in [0.25, 0.3) is 0 Å². The molecule has 1 saturated heterocycles. The van der Waals surface area contributed by atoms with Crippen LogP contribution < -0.4 is 11.5 Å². The summed E-state index contributed by atoms with van der Waals surface area (Å²) in [6.07, 6.45) is -3.45. The van der Waals surface area contributed by atoms with E-state index in [1.807, 2.05) is 0 Å². The van der Waals surface area contributed by atoms with Gasteiger partial charge in [0.15, 0.2) is 6.29 Å². The summed E-state index contributed by atoms with van der Waals surface area (Å²) in [6.45, 7) is 0.116. The maximum Gasteiger partial charge on any atom is 0.175 e. The quantitative estimate of drug-likeness (QED) is 0.381. The van der Waals surface area contributed by atoms with Crippen LogP contribution in [-0.2, 0) is 9.47 Å². The van der Waals surface area contributed by atoms with E-state index in [0.717, 1.165) is 0 Å². The lowest BCUT2D eigenvalue weighted by Crippen LogP contribution is -2.62. The van der Waals surface area contributed by atoms with Crippen molar-refractivity contribution < 1.29 is 19.7 Å². The van der Waals surface area contributed by atoms with Gasteiger partial charge in [0.2, 0.25) is 0 Å². The first kappa shape index (κ1) is 10.8. The Hall–Kier alpha value is -0.240. The first-order valence-electron chi connectivity index (χ1n) is 4.11. The molecule has 0 radical (unpaired) electrons. The summed E-state index contributed by atoms with van der Waals surface area (Å²) in [5.41, 5.74) is 10.9. The van der Waals surface area contributed by atoms with E-state index in [9.17, 15) is 10.2 Å². The van der Waals surface area contributed by atoms with Crippen molar-refractivity contribution in [1.82, 2.24) is 0 Å². The van der Waals surface area contributed by atoms with Gasteiger partial charge < -0.3 is 31.2 Å². The maximum atomic E-state index is 9.46. The van der Waals surface area contributed by atoms with E-state index in [-0.39, 0.29) is 6.54 Å². The lowest BCUT2D eigenvalue weighted by atomic mass is 9.97. The minimum Gasteiger partial charge on any atom is -0.388 e. The standard InChI is InChI=1S/C7H16N2O4/c1-12-7-4(9)6(11)5(10)3(2-8)13-7/h3-7,10-11H,2,8-9H2,1H3/t3?,4-,5+,6?,7-/m0/s1. The second kappa shape index (κ2) is 4.32. The summed E-state index contributed by atoms with van der Waals surface area (Å²) in [7, 11) is 1.42. The van der Waals surface area contributed by atoms with E-state index >= 15 is 0 Å². The van der Waals surface area contributed by atoms with E-state index in [0.29, 0.717) is 0 Å². The highest BCUT2D eigenvalue weighted by molar-refractivity contribution is 4.91. The van der Waals surface area contributed by atoms with Crippen LogP contribution in [0.3, 0.4) is 0 Å². The summed E-state index contributed by atoms with van der Waals surface area (Å²) in [5.74, 6) is 0. The van der Waals surface area contributed by atoms with Crippen LogP contribution in [-0.4, -0.2) is 54.5 Å². The summed E-state index contributed by atoms with van der Waals surface area (Å²) < 4.78 is 10.1. The number of nitrogens with two attached hydrogens (primary N) is 2. The van der Waals surface area contributed by atoms with Gasteiger partial charge in [-0.3, -0.25) is 0 Å². The molecular formula is C7H16N2O4. The molecule has 1 rings (SSSR count). The molecule has 0 aromatic heterocycles. The Labute approximate surface area is 76.4 Å². The molecule has 5 atom stereocenters. The van der Waals surface area contributed by atoms with Crippen molar-refractivity contribution in [2.24, 2.45) is 11.5 Å². The zero-order valence-corrected chi connectivity index (χ0v) is 7.46. The van der Waals surface area contributed by atoms with Crippen LogP contribution in [0.1, 0.15) is 0 Å². The lowest BCUT2D eigenvalue weighted by Gasteiger charge is -2.40. The number of aliphatic hydroxyl groups is 2. The Bertz CT molecular complexity index is 149. The van der Waals surface area contributed by atoms with Gasteiger partial charge in [-0.25, -0.2) is 0 Å². The number of ether oxygens (including phenoxy) is 2. The molecule has 78 valence electrons. The molecule has 6 heteroatoms. The monoisotopic (exact) mass is 192 g/mol. The second-order valence-corrected chi connectivity index (χ2v) is 3.07. The van der Waals surface area contributed by atoms with Crippen molar-refractivity contribution in [3.05, 3.63) is 0 Å². The summed E-state index contributed by atoms with van der Waals surface area (Å²) >= 11 is 0. The highest BCUT2D eigenvalue weighted by Gasteiger charge is 2.42. The van der Waals surface area contributed by atoms with Gasteiger partial charge in [-0.2, -0.15) is 0 Å². The zero-order valence-electron chi connectivity index (χ0n) is 7.46. The Morgan fingerprint density at radius 3 is 2.46 bits per heavy atom. The molecule has 2 unspecified atom stereocenters. The minimum atomic E-state index is -1.06. The number of rotatable bonds is 2. The van der Waals surface area contributed by atoms with Crippen molar-refractivity contribution in [3.63, 3.8) is 0 Å². The van der Waals surface area contributed by atoms with Gasteiger partial charge >= 0.3 is 0 Å². The van der Waals surface area contributed by atoms with E-state index in [2.05, 4.69) is 0 Å². The molecule has 1 aliphatic rings. The molecule has 6 nitrogen and oxygen atoms in total. The Morgan fingerprint density at radius 1 is 1.38 bits per heavy atom. The van der Waals surface area contributed by atoms with Gasteiger partial charge in [0, 0.05) is 13.7 Å². The number of aliphatic hydroxyl groups excluding tert-OH is 2. The average Bonchev–Trinajstić information content (AvgIpc) is 2.15. The van der Waals surface area contributed by atoms with Gasteiger partial charge in [0.1, 0.15) is 18.3 Å². The van der Waals surface area contributed by atoms with Crippen molar-refractivity contribution in [2.45, 2.75) is 30.6 Å². The van der Waals surface area contributed by atoms with Crippen molar-refractivity contribution >= 4 is 0 Å². The number of hydrogen-bond donors (Lipinski definition) is 4. The molecule has 1 aliphatic heterocycles. The fourth-order valence-corrected chi connectivity index (χ4v) is 1.36. The van der Waals surface area contributed by atoms with Gasteiger partial charge in [-0.1, -0.05) is 0 Å². The molecule has 1 heterocycles. The highest BCUT2D eigenvalue weighted by atomic mass is 16.7. The lowest BCUT2D eigenvalue weighted by molar-refractivity contribution is -0.248. The molecule has 0 bridgehead atoms. The van der Waals surface area contributed by atoms with Crippen molar-refractivity contribution in [2.75, 3.05) is 13.7 Å². The Morgan fingerprint density at radius 2 is 2.00 bits per heavy atom. The van der Waals surface area contributed by atoms with Crippen LogP contribution in [0.5, 0.6) is 0 Å². The Balaban J connectivity index is 2.66. The number of methoxy groups -OCH3 is 1. The van der Waals surface area contributed by atoms with Crippen LogP contribution in [0.25, 0.3) is 0 Å². The van der Waals surface area contributed by atoms with Crippen LogP contribution in [0.15, 0.2) is 0 Å². The van der Waals surface area contributed by atoms with E-state index in [1.54, 1.807) is 0 Å². The third-order valence-corrected chi connectivity index (χ3v) is 2.21. The van der Waals surface area contributed by atoms with E-state index in [4.69, 9.17) is 20.9 Å². The molecule has 0 spiro atoms. The zero-order chi connectivity index (χ0) is 10.0. The van der Waals surface area contributed by atoms with Crippen LogP contribution in [0, 0.1) is 0 Å². The predicted octanol–water partition coefficient (Wildman–Crippen LogP) is -2.63. The third-order valence-electron chi connectivity index (χ3n) is 2.21. The Kier molecular flexibility index (Phi) is 3.60. The topological polar surface area (TPSA) is 111 Å². The van der Waals surface area contributed by atoms with Gasteiger partial charge in [-0.05, 0) is 0 Å². The molecular weight excluding hydrogens is 176 g/mol. The van der Waals surface area contributed by atoms with Gasteiger partial charge in [-0.15, -0.1) is 0 Å². The molecule has 0 aromatic carbocycles. The molecule has 1 fully saturated rings. The largest absolute Gasteiger partial charge is 0.388 e. The molecule has 0 amide bonds. The summed E-state index contributed by atoms with van der Waals surface area (Å²) in [5, 5.41) is 18.9. The van der Waals surface area contributed by atoms with E-state index < -0.39 is 30.6 Å². The van der Waals surface area contributed by atoms with Crippen molar-refractivity contribution in [3.8, 4) is 0 Å². The first-order chi connectivity index (χ1) is 6.11. The smallest absolute Gasteiger partial charge is 0.175 e. The first-order valence-corrected chi connectivity index (χ1v) is 4.11. The molecule has 13 heavy (non-hydrogen) atoms.